The highest BCUT2D eigenvalue weighted by Crippen LogP contribution is 2.32. The summed E-state index contributed by atoms with van der Waals surface area (Å²) in [7, 11) is 0. The molecule has 0 aliphatic carbocycles. The fourth-order valence-corrected chi connectivity index (χ4v) is 3.72. The van der Waals surface area contributed by atoms with Crippen molar-refractivity contribution >= 4 is 24.4 Å². The standard InChI is InChI=1S/C28H43NO11/c1-9-11-19(7)36-25(32)38-22-14-13-21(15-23(22)39-26(33)37-20(8)12-10-2)16-28(24(30)31,29-17(3)4)40-27(34)35-18(5)6/h13-15,17-20,29H,9-12,16H2,1-8H3,(H,30,31)/t19?,20?,28-/m0/s1. The molecule has 1 aromatic carbocycles. The Labute approximate surface area is 235 Å². The summed E-state index contributed by atoms with van der Waals surface area (Å²) in [5, 5.41) is 12.9. The Hall–Kier alpha value is -3.54. The van der Waals surface area contributed by atoms with E-state index in [1.54, 1.807) is 41.5 Å². The van der Waals surface area contributed by atoms with Crippen LogP contribution >= 0.6 is 0 Å². The van der Waals surface area contributed by atoms with Crippen LogP contribution in [0.15, 0.2) is 18.2 Å². The molecule has 12 heteroatoms. The highest BCUT2D eigenvalue weighted by atomic mass is 16.8. The van der Waals surface area contributed by atoms with Crippen molar-refractivity contribution in [3.05, 3.63) is 23.8 Å². The summed E-state index contributed by atoms with van der Waals surface area (Å²) in [5.41, 5.74) is -1.97. The van der Waals surface area contributed by atoms with Crippen LogP contribution in [0.1, 0.15) is 86.6 Å². The first-order valence-electron chi connectivity index (χ1n) is 13.5. The lowest BCUT2D eigenvalue weighted by Crippen LogP contribution is -2.59. The Kier molecular flexibility index (Phi) is 14.3. The number of nitrogens with one attached hydrogen (secondary N) is 1. The molecular weight excluding hydrogens is 526 g/mol. The maximum Gasteiger partial charge on any atom is 0.514 e. The number of hydrogen-bond acceptors (Lipinski definition) is 11. The van der Waals surface area contributed by atoms with Crippen LogP contribution in [0.4, 0.5) is 14.4 Å². The summed E-state index contributed by atoms with van der Waals surface area (Å²) in [4.78, 5) is 49.6. The second kappa shape index (κ2) is 16.5. The molecule has 0 saturated heterocycles. The van der Waals surface area contributed by atoms with Gasteiger partial charge in [0.2, 0.25) is 0 Å². The second-order valence-electron chi connectivity index (χ2n) is 10.0. The van der Waals surface area contributed by atoms with Gasteiger partial charge >= 0.3 is 24.4 Å². The Morgan fingerprint density at radius 1 is 0.800 bits per heavy atom. The molecule has 1 aromatic rings. The van der Waals surface area contributed by atoms with Crippen molar-refractivity contribution in [1.29, 1.82) is 0 Å². The van der Waals surface area contributed by atoms with E-state index in [1.807, 2.05) is 13.8 Å². The van der Waals surface area contributed by atoms with Crippen molar-refractivity contribution in [3.63, 3.8) is 0 Å². The normalized spacial score (nSPS) is 14.1. The Bertz CT molecular complexity index is 994. The summed E-state index contributed by atoms with van der Waals surface area (Å²) < 4.78 is 31.4. The number of aliphatic carboxylic acids is 1. The van der Waals surface area contributed by atoms with Crippen LogP contribution in [0.2, 0.25) is 0 Å². The fraction of sp³-hybridized carbons (Fsp3) is 0.643. The Balaban J connectivity index is 3.40. The van der Waals surface area contributed by atoms with E-state index in [9.17, 15) is 24.3 Å². The molecule has 0 aliphatic heterocycles. The lowest BCUT2D eigenvalue weighted by Gasteiger charge is -2.32. The summed E-state index contributed by atoms with van der Waals surface area (Å²) >= 11 is 0. The molecule has 12 nitrogen and oxygen atoms in total. The van der Waals surface area contributed by atoms with Crippen molar-refractivity contribution in [2.24, 2.45) is 0 Å². The predicted molar refractivity (Wildman–Crippen MR) is 144 cm³/mol. The van der Waals surface area contributed by atoms with Gasteiger partial charge in [0.15, 0.2) is 11.5 Å². The molecule has 0 heterocycles. The Morgan fingerprint density at radius 3 is 1.77 bits per heavy atom. The summed E-state index contributed by atoms with van der Waals surface area (Å²) in [6, 6.07) is 3.62. The number of benzene rings is 1. The van der Waals surface area contributed by atoms with E-state index in [1.165, 1.54) is 18.2 Å². The molecule has 226 valence electrons. The zero-order valence-corrected chi connectivity index (χ0v) is 24.6. The highest BCUT2D eigenvalue weighted by Gasteiger charge is 2.44. The maximum atomic E-state index is 12.5. The summed E-state index contributed by atoms with van der Waals surface area (Å²) in [6.07, 6.45) is -2.21. The van der Waals surface area contributed by atoms with Gasteiger partial charge in [0, 0.05) is 12.5 Å². The third-order valence-corrected chi connectivity index (χ3v) is 5.29. The van der Waals surface area contributed by atoms with E-state index in [2.05, 4.69) is 5.32 Å². The van der Waals surface area contributed by atoms with Crippen molar-refractivity contribution < 1.29 is 52.7 Å². The van der Waals surface area contributed by atoms with E-state index >= 15 is 0 Å². The van der Waals surface area contributed by atoms with E-state index in [0.29, 0.717) is 12.8 Å². The van der Waals surface area contributed by atoms with E-state index in [0.717, 1.165) is 12.8 Å². The second-order valence-corrected chi connectivity index (χ2v) is 10.0. The van der Waals surface area contributed by atoms with Gasteiger partial charge in [-0.3, -0.25) is 5.32 Å². The van der Waals surface area contributed by atoms with E-state index in [4.69, 9.17) is 28.4 Å². The van der Waals surface area contributed by atoms with Crippen LogP contribution in [0.3, 0.4) is 0 Å². The lowest BCUT2D eigenvalue weighted by atomic mass is 10.0. The minimum Gasteiger partial charge on any atom is -0.477 e. The zero-order chi connectivity index (χ0) is 30.5. The maximum absolute atomic E-state index is 12.5. The quantitative estimate of drug-likeness (QED) is 0.110. The highest BCUT2D eigenvalue weighted by molar-refractivity contribution is 5.80. The number of carbonyl (C=O) groups is 4. The number of carboxylic acid groups (broad SMARTS) is 1. The molecule has 2 unspecified atom stereocenters. The van der Waals surface area contributed by atoms with Crippen LogP contribution < -0.4 is 14.8 Å². The minimum absolute atomic E-state index is 0.157. The van der Waals surface area contributed by atoms with E-state index in [-0.39, 0.29) is 17.1 Å². The molecule has 0 radical (unpaired) electrons. The number of rotatable bonds is 15. The van der Waals surface area contributed by atoms with E-state index < -0.39 is 60.9 Å². The molecule has 3 atom stereocenters. The first kappa shape index (κ1) is 34.5. The third-order valence-electron chi connectivity index (χ3n) is 5.29. The molecule has 2 N–H and O–H groups in total. The van der Waals surface area contributed by atoms with Crippen LogP contribution in [-0.4, -0.2) is 59.6 Å². The lowest BCUT2D eigenvalue weighted by molar-refractivity contribution is -0.167. The average Bonchev–Trinajstić information content (AvgIpc) is 2.79. The smallest absolute Gasteiger partial charge is 0.477 e. The number of hydrogen-bond donors (Lipinski definition) is 2. The van der Waals surface area contributed by atoms with Crippen molar-refractivity contribution in [2.45, 2.75) is 118 Å². The van der Waals surface area contributed by atoms with Gasteiger partial charge in [0.25, 0.3) is 5.72 Å². The molecule has 0 saturated carbocycles. The number of carbonyl (C=O) groups excluding carboxylic acids is 3. The molecule has 0 amide bonds. The number of ether oxygens (including phenoxy) is 6. The van der Waals surface area contributed by atoms with Gasteiger partial charge in [-0.25, -0.2) is 19.2 Å². The molecule has 0 bridgehead atoms. The van der Waals surface area contributed by atoms with Crippen molar-refractivity contribution in [2.75, 3.05) is 0 Å². The summed E-state index contributed by atoms with van der Waals surface area (Å²) in [6.45, 7) is 13.8. The van der Waals surface area contributed by atoms with Gasteiger partial charge in [0.05, 0.1) is 6.10 Å². The fourth-order valence-electron chi connectivity index (χ4n) is 3.72. The topological polar surface area (TPSA) is 156 Å². The van der Waals surface area contributed by atoms with Crippen molar-refractivity contribution in [1.82, 2.24) is 5.32 Å². The van der Waals surface area contributed by atoms with Gasteiger partial charge in [0.1, 0.15) is 12.2 Å². The van der Waals surface area contributed by atoms with Crippen LogP contribution in [0.25, 0.3) is 0 Å². The van der Waals surface area contributed by atoms with Crippen LogP contribution in [0.5, 0.6) is 11.5 Å². The molecule has 1 rings (SSSR count). The predicted octanol–water partition coefficient (Wildman–Crippen LogP) is 5.98. The molecule has 0 aliphatic rings. The van der Waals surface area contributed by atoms with Crippen LogP contribution in [0, 0.1) is 0 Å². The van der Waals surface area contributed by atoms with Gasteiger partial charge < -0.3 is 33.5 Å². The minimum atomic E-state index is -2.23. The van der Waals surface area contributed by atoms with Gasteiger partial charge in [-0.15, -0.1) is 0 Å². The SMILES string of the molecule is CCCC(C)OC(=O)Oc1ccc(C[C@](NC(C)C)(OC(=O)OC(C)C)C(=O)O)cc1OC(=O)OC(C)CCC. The Morgan fingerprint density at radius 2 is 1.32 bits per heavy atom. The average molecular weight is 570 g/mol. The monoisotopic (exact) mass is 569 g/mol. The molecule has 40 heavy (non-hydrogen) atoms. The van der Waals surface area contributed by atoms with Crippen molar-refractivity contribution in [3.8, 4) is 11.5 Å². The largest absolute Gasteiger partial charge is 0.514 e. The molecule has 0 spiro atoms. The molecular formula is C28H43NO11. The third kappa shape index (κ3) is 12.1. The zero-order valence-electron chi connectivity index (χ0n) is 24.6. The van der Waals surface area contributed by atoms with Gasteiger partial charge in [-0.2, -0.15) is 0 Å². The first-order chi connectivity index (χ1) is 18.7. The first-order valence-corrected chi connectivity index (χ1v) is 13.5. The van der Waals surface area contributed by atoms with Gasteiger partial charge in [-0.1, -0.05) is 32.8 Å². The van der Waals surface area contributed by atoms with Crippen LogP contribution in [-0.2, 0) is 30.2 Å². The van der Waals surface area contributed by atoms with Gasteiger partial charge in [-0.05, 0) is 72.1 Å². The number of carboxylic acids is 1. The summed E-state index contributed by atoms with van der Waals surface area (Å²) in [5.74, 6) is -1.86. The molecule has 0 aromatic heterocycles. The molecule has 0 fully saturated rings.